The van der Waals surface area contributed by atoms with Crippen LogP contribution in [0.15, 0.2) is 54.6 Å². The number of rotatable bonds is 5. The van der Waals surface area contributed by atoms with Crippen LogP contribution < -0.4 is 5.32 Å². The van der Waals surface area contributed by atoms with E-state index in [4.69, 9.17) is 0 Å². The molecule has 2 aromatic carbocycles. The molecule has 1 aliphatic carbocycles. The SMILES string of the molecule is CCC1CC1NC(c1ccccc1)c1ccc(F)cc1. The van der Waals surface area contributed by atoms with Crippen molar-refractivity contribution in [2.75, 3.05) is 0 Å². The molecule has 3 unspecified atom stereocenters. The van der Waals surface area contributed by atoms with Gasteiger partial charge in [0.15, 0.2) is 0 Å². The maximum absolute atomic E-state index is 13.1. The topological polar surface area (TPSA) is 12.0 Å². The van der Waals surface area contributed by atoms with E-state index < -0.39 is 0 Å². The summed E-state index contributed by atoms with van der Waals surface area (Å²) < 4.78 is 13.1. The first-order valence-electron chi connectivity index (χ1n) is 7.34. The van der Waals surface area contributed by atoms with Gasteiger partial charge in [-0.2, -0.15) is 0 Å². The van der Waals surface area contributed by atoms with Crippen molar-refractivity contribution < 1.29 is 4.39 Å². The fraction of sp³-hybridized carbons (Fsp3) is 0.333. The minimum absolute atomic E-state index is 0.151. The summed E-state index contributed by atoms with van der Waals surface area (Å²) in [5.74, 6) is 0.611. The standard InChI is InChI=1S/C18H20FN/c1-2-13-12-17(13)20-18(14-6-4-3-5-7-14)15-8-10-16(19)11-9-15/h3-11,13,17-18,20H,2,12H2,1H3. The van der Waals surface area contributed by atoms with Gasteiger partial charge in [-0.1, -0.05) is 55.8 Å². The van der Waals surface area contributed by atoms with E-state index in [9.17, 15) is 4.39 Å². The highest BCUT2D eigenvalue weighted by atomic mass is 19.1. The average Bonchev–Trinajstić information content (AvgIpc) is 3.25. The second kappa shape index (κ2) is 5.76. The van der Waals surface area contributed by atoms with Crippen LogP contribution in [0.4, 0.5) is 4.39 Å². The molecule has 1 saturated carbocycles. The van der Waals surface area contributed by atoms with Crippen LogP contribution in [0.5, 0.6) is 0 Å². The fourth-order valence-corrected chi connectivity index (χ4v) is 2.80. The molecule has 1 N–H and O–H groups in total. The van der Waals surface area contributed by atoms with Crippen molar-refractivity contribution in [2.24, 2.45) is 5.92 Å². The molecule has 1 fully saturated rings. The van der Waals surface area contributed by atoms with Crippen molar-refractivity contribution in [2.45, 2.75) is 31.8 Å². The normalized spacial score (nSPS) is 22.5. The minimum Gasteiger partial charge on any atom is -0.303 e. The Morgan fingerprint density at radius 3 is 2.30 bits per heavy atom. The van der Waals surface area contributed by atoms with E-state index in [1.54, 1.807) is 0 Å². The molecule has 2 aromatic rings. The molecule has 3 atom stereocenters. The summed E-state index contributed by atoms with van der Waals surface area (Å²) in [7, 11) is 0. The lowest BCUT2D eigenvalue weighted by atomic mass is 9.98. The molecule has 0 amide bonds. The smallest absolute Gasteiger partial charge is 0.123 e. The molecule has 104 valence electrons. The monoisotopic (exact) mass is 269 g/mol. The van der Waals surface area contributed by atoms with E-state index in [1.807, 2.05) is 18.2 Å². The van der Waals surface area contributed by atoms with Gasteiger partial charge in [-0.3, -0.25) is 0 Å². The molecule has 0 radical (unpaired) electrons. The Balaban J connectivity index is 1.85. The van der Waals surface area contributed by atoms with Gasteiger partial charge in [0.2, 0.25) is 0 Å². The van der Waals surface area contributed by atoms with E-state index in [2.05, 4.69) is 36.5 Å². The summed E-state index contributed by atoms with van der Waals surface area (Å²) in [6, 6.07) is 18.0. The summed E-state index contributed by atoms with van der Waals surface area (Å²) in [6.07, 6.45) is 2.48. The number of benzene rings is 2. The molecule has 0 aromatic heterocycles. The summed E-state index contributed by atoms with van der Waals surface area (Å²) in [5, 5.41) is 3.72. The summed E-state index contributed by atoms with van der Waals surface area (Å²) in [5.41, 5.74) is 2.36. The van der Waals surface area contributed by atoms with Crippen LogP contribution in [-0.2, 0) is 0 Å². The van der Waals surface area contributed by atoms with Gasteiger partial charge in [-0.05, 0) is 35.6 Å². The molecule has 3 rings (SSSR count). The van der Waals surface area contributed by atoms with E-state index >= 15 is 0 Å². The molecule has 2 heteroatoms. The van der Waals surface area contributed by atoms with E-state index in [-0.39, 0.29) is 11.9 Å². The highest BCUT2D eigenvalue weighted by Gasteiger charge is 2.37. The van der Waals surface area contributed by atoms with Gasteiger partial charge in [0, 0.05) is 6.04 Å². The van der Waals surface area contributed by atoms with E-state index in [0.717, 1.165) is 11.5 Å². The molecule has 0 aliphatic heterocycles. The van der Waals surface area contributed by atoms with Gasteiger partial charge in [0.25, 0.3) is 0 Å². The first-order chi connectivity index (χ1) is 9.78. The van der Waals surface area contributed by atoms with E-state index in [1.165, 1.54) is 30.5 Å². The lowest BCUT2D eigenvalue weighted by molar-refractivity contribution is 0.561. The van der Waals surface area contributed by atoms with Gasteiger partial charge in [-0.15, -0.1) is 0 Å². The van der Waals surface area contributed by atoms with Gasteiger partial charge in [0.1, 0.15) is 5.82 Å². The Bertz CT molecular complexity index is 549. The summed E-state index contributed by atoms with van der Waals surface area (Å²) >= 11 is 0. The second-order valence-corrected chi connectivity index (χ2v) is 5.57. The Labute approximate surface area is 119 Å². The average molecular weight is 269 g/mol. The third-order valence-corrected chi connectivity index (χ3v) is 4.16. The predicted molar refractivity (Wildman–Crippen MR) is 80.0 cm³/mol. The van der Waals surface area contributed by atoms with Crippen molar-refractivity contribution >= 4 is 0 Å². The van der Waals surface area contributed by atoms with Gasteiger partial charge >= 0.3 is 0 Å². The number of hydrogen-bond donors (Lipinski definition) is 1. The largest absolute Gasteiger partial charge is 0.303 e. The van der Waals surface area contributed by atoms with Crippen molar-refractivity contribution in [3.05, 3.63) is 71.5 Å². The van der Waals surface area contributed by atoms with Crippen LogP contribution in [0, 0.1) is 11.7 Å². The maximum atomic E-state index is 13.1. The van der Waals surface area contributed by atoms with Crippen LogP contribution in [0.1, 0.15) is 36.9 Å². The maximum Gasteiger partial charge on any atom is 0.123 e. The lowest BCUT2D eigenvalue weighted by Gasteiger charge is -2.20. The third-order valence-electron chi connectivity index (χ3n) is 4.16. The first-order valence-corrected chi connectivity index (χ1v) is 7.34. The van der Waals surface area contributed by atoms with Crippen molar-refractivity contribution in [3.8, 4) is 0 Å². The highest BCUT2D eigenvalue weighted by Crippen LogP contribution is 2.36. The van der Waals surface area contributed by atoms with Crippen molar-refractivity contribution in [1.29, 1.82) is 0 Å². The van der Waals surface area contributed by atoms with Crippen molar-refractivity contribution in [3.63, 3.8) is 0 Å². The fourth-order valence-electron chi connectivity index (χ4n) is 2.80. The summed E-state index contributed by atoms with van der Waals surface area (Å²) in [4.78, 5) is 0. The molecule has 0 bridgehead atoms. The Hall–Kier alpha value is -1.67. The zero-order valence-electron chi connectivity index (χ0n) is 11.7. The number of hydrogen-bond acceptors (Lipinski definition) is 1. The molecule has 20 heavy (non-hydrogen) atoms. The van der Waals surface area contributed by atoms with Crippen molar-refractivity contribution in [1.82, 2.24) is 5.32 Å². The Morgan fingerprint density at radius 2 is 1.70 bits per heavy atom. The molecule has 0 saturated heterocycles. The van der Waals surface area contributed by atoms with Crippen LogP contribution >= 0.6 is 0 Å². The lowest BCUT2D eigenvalue weighted by Crippen LogP contribution is -2.25. The van der Waals surface area contributed by atoms with Crippen LogP contribution in [0.2, 0.25) is 0 Å². The zero-order chi connectivity index (χ0) is 13.9. The van der Waals surface area contributed by atoms with Gasteiger partial charge in [0.05, 0.1) is 6.04 Å². The van der Waals surface area contributed by atoms with Gasteiger partial charge in [-0.25, -0.2) is 4.39 Å². The Kier molecular flexibility index (Phi) is 3.83. The minimum atomic E-state index is -0.182. The summed E-state index contributed by atoms with van der Waals surface area (Å²) in [6.45, 7) is 2.24. The number of halogens is 1. The predicted octanol–water partition coefficient (Wildman–Crippen LogP) is 4.30. The molecule has 1 aliphatic rings. The molecule has 0 spiro atoms. The number of nitrogens with one attached hydrogen (secondary N) is 1. The van der Waals surface area contributed by atoms with Crippen LogP contribution in [-0.4, -0.2) is 6.04 Å². The molecular formula is C18H20FN. The van der Waals surface area contributed by atoms with E-state index in [0.29, 0.717) is 6.04 Å². The Morgan fingerprint density at radius 1 is 1.05 bits per heavy atom. The zero-order valence-corrected chi connectivity index (χ0v) is 11.7. The quantitative estimate of drug-likeness (QED) is 0.853. The molecular weight excluding hydrogens is 249 g/mol. The van der Waals surface area contributed by atoms with Crippen LogP contribution in [0.3, 0.4) is 0 Å². The molecule has 0 heterocycles. The first kappa shape index (κ1) is 13.3. The second-order valence-electron chi connectivity index (χ2n) is 5.57. The molecule has 1 nitrogen and oxygen atoms in total. The highest BCUT2D eigenvalue weighted by molar-refractivity contribution is 5.32. The third kappa shape index (κ3) is 2.91. The van der Waals surface area contributed by atoms with Gasteiger partial charge < -0.3 is 5.32 Å². The van der Waals surface area contributed by atoms with Crippen LogP contribution in [0.25, 0.3) is 0 Å².